The molecule has 0 atom stereocenters. The highest BCUT2D eigenvalue weighted by Crippen LogP contribution is 2.18. The lowest BCUT2D eigenvalue weighted by Crippen LogP contribution is -2.34. The van der Waals surface area contributed by atoms with E-state index in [4.69, 9.17) is 4.52 Å². The molecule has 0 radical (unpaired) electrons. The van der Waals surface area contributed by atoms with E-state index >= 15 is 0 Å². The van der Waals surface area contributed by atoms with Gasteiger partial charge in [0.25, 0.3) is 5.91 Å². The SMILES string of the molecule is CCn1nc(C)cc1C(=O)NCC(=O)Nc1c(C)noc1C. The van der Waals surface area contributed by atoms with Crippen LogP contribution in [0.2, 0.25) is 0 Å². The molecule has 0 fully saturated rings. The number of nitrogens with zero attached hydrogens (tertiary/aromatic N) is 3. The summed E-state index contributed by atoms with van der Waals surface area (Å²) in [4.78, 5) is 24.0. The van der Waals surface area contributed by atoms with Crippen molar-refractivity contribution in [2.45, 2.75) is 34.2 Å². The Balaban J connectivity index is 1.95. The van der Waals surface area contributed by atoms with Gasteiger partial charge >= 0.3 is 0 Å². The fraction of sp³-hybridized carbons (Fsp3) is 0.429. The molecule has 0 aliphatic rings. The molecule has 0 spiro atoms. The highest BCUT2D eigenvalue weighted by atomic mass is 16.5. The van der Waals surface area contributed by atoms with Gasteiger partial charge in [0.15, 0.2) is 5.76 Å². The number of aromatic nitrogens is 3. The fourth-order valence-electron chi connectivity index (χ4n) is 2.07. The Bertz CT molecular complexity index is 682. The van der Waals surface area contributed by atoms with Crippen molar-refractivity contribution >= 4 is 17.5 Å². The maximum atomic E-state index is 12.1. The minimum atomic E-state index is -0.345. The van der Waals surface area contributed by atoms with Gasteiger partial charge in [-0.3, -0.25) is 14.3 Å². The van der Waals surface area contributed by atoms with Crippen LogP contribution in [0.15, 0.2) is 10.6 Å². The Labute approximate surface area is 127 Å². The van der Waals surface area contributed by atoms with Crippen LogP contribution in [0, 0.1) is 20.8 Å². The summed E-state index contributed by atoms with van der Waals surface area (Å²) in [5.74, 6) is -0.157. The van der Waals surface area contributed by atoms with Gasteiger partial charge in [-0.25, -0.2) is 0 Å². The maximum absolute atomic E-state index is 12.1. The second kappa shape index (κ2) is 6.42. The first-order valence-electron chi connectivity index (χ1n) is 6.97. The molecule has 2 aromatic heterocycles. The third kappa shape index (κ3) is 3.33. The van der Waals surface area contributed by atoms with Crippen LogP contribution in [0.4, 0.5) is 5.69 Å². The smallest absolute Gasteiger partial charge is 0.269 e. The van der Waals surface area contributed by atoms with Crippen LogP contribution in [0.1, 0.15) is 34.6 Å². The summed E-state index contributed by atoms with van der Waals surface area (Å²) in [5, 5.41) is 13.2. The number of hydrogen-bond acceptors (Lipinski definition) is 5. The molecular formula is C14H19N5O3. The summed E-state index contributed by atoms with van der Waals surface area (Å²) in [7, 11) is 0. The van der Waals surface area contributed by atoms with Gasteiger partial charge in [0.05, 0.1) is 12.2 Å². The first-order chi connectivity index (χ1) is 10.4. The molecule has 0 aliphatic carbocycles. The van der Waals surface area contributed by atoms with Crippen molar-refractivity contribution in [3.63, 3.8) is 0 Å². The zero-order valence-corrected chi connectivity index (χ0v) is 13.1. The number of hydrogen-bond donors (Lipinski definition) is 2. The number of anilines is 1. The summed E-state index contributed by atoms with van der Waals surface area (Å²) >= 11 is 0. The highest BCUT2D eigenvalue weighted by molar-refractivity contribution is 5.98. The van der Waals surface area contributed by atoms with Gasteiger partial charge in [-0.2, -0.15) is 5.10 Å². The van der Waals surface area contributed by atoms with Crippen LogP contribution >= 0.6 is 0 Å². The minimum Gasteiger partial charge on any atom is -0.359 e. The second-order valence-corrected chi connectivity index (χ2v) is 4.92. The fourth-order valence-corrected chi connectivity index (χ4v) is 2.07. The highest BCUT2D eigenvalue weighted by Gasteiger charge is 2.16. The van der Waals surface area contributed by atoms with E-state index in [1.54, 1.807) is 24.6 Å². The number of carbonyl (C=O) groups is 2. The van der Waals surface area contributed by atoms with Gasteiger partial charge in [0, 0.05) is 6.54 Å². The van der Waals surface area contributed by atoms with Crippen LogP contribution in [0.25, 0.3) is 0 Å². The molecule has 8 nitrogen and oxygen atoms in total. The van der Waals surface area contributed by atoms with Gasteiger partial charge in [-0.15, -0.1) is 0 Å². The van der Waals surface area contributed by atoms with Gasteiger partial charge in [-0.05, 0) is 33.8 Å². The van der Waals surface area contributed by atoms with Crippen molar-refractivity contribution in [1.29, 1.82) is 0 Å². The third-order valence-electron chi connectivity index (χ3n) is 3.14. The molecule has 118 valence electrons. The van der Waals surface area contributed by atoms with E-state index in [-0.39, 0.29) is 18.4 Å². The summed E-state index contributed by atoms with van der Waals surface area (Å²) in [5.41, 5.74) is 2.32. The lowest BCUT2D eigenvalue weighted by Gasteiger charge is -2.07. The predicted molar refractivity (Wildman–Crippen MR) is 79.6 cm³/mol. The lowest BCUT2D eigenvalue weighted by atomic mass is 10.3. The molecule has 2 N–H and O–H groups in total. The Morgan fingerprint density at radius 2 is 2.05 bits per heavy atom. The molecule has 2 aromatic rings. The van der Waals surface area contributed by atoms with Crippen molar-refractivity contribution in [2.24, 2.45) is 0 Å². The van der Waals surface area contributed by atoms with Crippen molar-refractivity contribution in [3.05, 3.63) is 28.9 Å². The molecule has 8 heteroatoms. The Morgan fingerprint density at radius 1 is 1.32 bits per heavy atom. The Morgan fingerprint density at radius 3 is 2.64 bits per heavy atom. The van der Waals surface area contributed by atoms with Crippen LogP contribution in [0.5, 0.6) is 0 Å². The topological polar surface area (TPSA) is 102 Å². The van der Waals surface area contributed by atoms with E-state index in [2.05, 4.69) is 20.9 Å². The van der Waals surface area contributed by atoms with E-state index in [1.165, 1.54) is 0 Å². The summed E-state index contributed by atoms with van der Waals surface area (Å²) in [6, 6.07) is 1.69. The zero-order valence-electron chi connectivity index (χ0n) is 13.1. The average Bonchev–Trinajstić information content (AvgIpc) is 3.01. The maximum Gasteiger partial charge on any atom is 0.269 e. The van der Waals surface area contributed by atoms with Crippen LogP contribution in [-0.4, -0.2) is 33.3 Å². The summed E-state index contributed by atoms with van der Waals surface area (Å²) in [6.45, 7) is 7.59. The van der Waals surface area contributed by atoms with Gasteiger partial charge in [0.1, 0.15) is 17.1 Å². The Kier molecular flexibility index (Phi) is 4.59. The zero-order chi connectivity index (χ0) is 16.3. The van der Waals surface area contributed by atoms with Crippen molar-refractivity contribution in [3.8, 4) is 0 Å². The van der Waals surface area contributed by atoms with Crippen molar-refractivity contribution in [2.75, 3.05) is 11.9 Å². The minimum absolute atomic E-state index is 0.142. The molecular weight excluding hydrogens is 286 g/mol. The quantitative estimate of drug-likeness (QED) is 0.863. The molecule has 2 heterocycles. The molecule has 2 rings (SSSR count). The number of rotatable bonds is 5. The molecule has 0 unspecified atom stereocenters. The molecule has 0 saturated carbocycles. The molecule has 0 bridgehead atoms. The summed E-state index contributed by atoms with van der Waals surface area (Å²) in [6.07, 6.45) is 0. The second-order valence-electron chi connectivity index (χ2n) is 4.92. The van der Waals surface area contributed by atoms with E-state index in [0.29, 0.717) is 29.4 Å². The van der Waals surface area contributed by atoms with E-state index in [9.17, 15) is 9.59 Å². The number of aryl methyl sites for hydroxylation is 4. The normalized spacial score (nSPS) is 10.5. The number of amides is 2. The Hall–Kier alpha value is -2.64. The molecule has 22 heavy (non-hydrogen) atoms. The standard InChI is InChI=1S/C14H19N5O3/c1-5-19-11(6-8(2)17-19)14(21)15-7-12(20)16-13-9(3)18-22-10(13)4/h6H,5,7H2,1-4H3,(H,15,21)(H,16,20). The van der Waals surface area contributed by atoms with Crippen LogP contribution < -0.4 is 10.6 Å². The van der Waals surface area contributed by atoms with E-state index < -0.39 is 0 Å². The van der Waals surface area contributed by atoms with Crippen LogP contribution in [0.3, 0.4) is 0 Å². The molecule has 0 aromatic carbocycles. The third-order valence-corrected chi connectivity index (χ3v) is 3.14. The van der Waals surface area contributed by atoms with Crippen molar-refractivity contribution in [1.82, 2.24) is 20.3 Å². The van der Waals surface area contributed by atoms with E-state index in [0.717, 1.165) is 5.69 Å². The van der Waals surface area contributed by atoms with Crippen molar-refractivity contribution < 1.29 is 14.1 Å². The molecule has 0 aliphatic heterocycles. The first kappa shape index (κ1) is 15.7. The largest absolute Gasteiger partial charge is 0.359 e. The van der Waals surface area contributed by atoms with Gasteiger partial charge in [0.2, 0.25) is 5.91 Å². The number of carbonyl (C=O) groups excluding carboxylic acids is 2. The number of nitrogens with one attached hydrogen (secondary N) is 2. The van der Waals surface area contributed by atoms with E-state index in [1.807, 2.05) is 13.8 Å². The average molecular weight is 305 g/mol. The monoisotopic (exact) mass is 305 g/mol. The lowest BCUT2D eigenvalue weighted by molar-refractivity contribution is -0.115. The van der Waals surface area contributed by atoms with Gasteiger partial charge in [-0.1, -0.05) is 5.16 Å². The molecule has 0 saturated heterocycles. The molecule has 2 amide bonds. The summed E-state index contributed by atoms with van der Waals surface area (Å²) < 4.78 is 6.55. The first-order valence-corrected chi connectivity index (χ1v) is 6.97. The van der Waals surface area contributed by atoms with Gasteiger partial charge < -0.3 is 15.2 Å². The predicted octanol–water partition coefficient (Wildman–Crippen LogP) is 1.18. The van der Waals surface area contributed by atoms with Crippen LogP contribution in [-0.2, 0) is 11.3 Å².